The highest BCUT2D eigenvalue weighted by Gasteiger charge is 2.58. The topological polar surface area (TPSA) is 79.4 Å². The highest BCUT2D eigenvalue weighted by molar-refractivity contribution is 5.98. The molecule has 1 spiro atoms. The summed E-state index contributed by atoms with van der Waals surface area (Å²) in [6.45, 7) is 4.54. The standard InChI is InChI=1S/C23H29N5O2/c1-3-30-22-15(5-4-12-26-22)16-6-7-17(20(27-16)21(29)24-2)28-14-11-23-10-13-25-18(23)8-9-19(23)28/h4-7,12,18-19,25H,3,8-11,13-14H2,1-2H3,(H,24,29)/t18-,19-,23+/m0/s1. The number of hydrogen-bond donors (Lipinski definition) is 2. The van der Waals surface area contributed by atoms with E-state index in [-0.39, 0.29) is 5.91 Å². The molecule has 30 heavy (non-hydrogen) atoms. The Morgan fingerprint density at radius 2 is 2.23 bits per heavy atom. The maximum Gasteiger partial charge on any atom is 0.271 e. The van der Waals surface area contributed by atoms with Crippen LogP contribution in [-0.2, 0) is 0 Å². The predicted molar refractivity (Wildman–Crippen MR) is 116 cm³/mol. The van der Waals surface area contributed by atoms with Gasteiger partial charge in [-0.25, -0.2) is 9.97 Å². The number of hydrogen-bond acceptors (Lipinski definition) is 6. The smallest absolute Gasteiger partial charge is 0.271 e. The molecule has 5 rings (SSSR count). The zero-order valence-electron chi connectivity index (χ0n) is 17.6. The first-order valence-corrected chi connectivity index (χ1v) is 11.0. The van der Waals surface area contributed by atoms with Crippen molar-refractivity contribution in [3.63, 3.8) is 0 Å². The molecule has 0 radical (unpaired) electrons. The van der Waals surface area contributed by atoms with Gasteiger partial charge >= 0.3 is 0 Å². The third-order valence-electron chi connectivity index (χ3n) is 7.22. The molecule has 1 saturated carbocycles. The Morgan fingerprint density at radius 1 is 1.33 bits per heavy atom. The van der Waals surface area contributed by atoms with Crippen LogP contribution in [-0.4, -0.2) is 54.7 Å². The van der Waals surface area contributed by atoms with Gasteiger partial charge < -0.3 is 20.3 Å². The van der Waals surface area contributed by atoms with Crippen molar-refractivity contribution in [2.45, 2.75) is 44.7 Å². The summed E-state index contributed by atoms with van der Waals surface area (Å²) in [5, 5.41) is 6.49. The number of anilines is 1. The molecule has 0 unspecified atom stereocenters. The molecule has 7 nitrogen and oxygen atoms in total. The minimum atomic E-state index is -0.159. The quantitative estimate of drug-likeness (QED) is 0.793. The Hall–Kier alpha value is -2.67. The van der Waals surface area contributed by atoms with Gasteiger partial charge in [-0.3, -0.25) is 4.79 Å². The van der Waals surface area contributed by atoms with Crippen LogP contribution in [0.2, 0.25) is 0 Å². The van der Waals surface area contributed by atoms with Gasteiger partial charge in [0.1, 0.15) is 0 Å². The van der Waals surface area contributed by atoms with E-state index < -0.39 is 0 Å². The first-order chi connectivity index (χ1) is 14.7. The molecule has 3 atom stereocenters. The van der Waals surface area contributed by atoms with Gasteiger partial charge in [0.25, 0.3) is 5.91 Å². The van der Waals surface area contributed by atoms with E-state index in [1.807, 2.05) is 25.1 Å². The summed E-state index contributed by atoms with van der Waals surface area (Å²) in [4.78, 5) is 24.4. The van der Waals surface area contributed by atoms with Crippen LogP contribution in [0.4, 0.5) is 5.69 Å². The van der Waals surface area contributed by atoms with Gasteiger partial charge in [0.15, 0.2) is 5.69 Å². The number of nitrogens with one attached hydrogen (secondary N) is 2. The summed E-state index contributed by atoms with van der Waals surface area (Å²) in [6, 6.07) is 8.95. The minimum Gasteiger partial charge on any atom is -0.477 e. The lowest BCUT2D eigenvalue weighted by atomic mass is 9.79. The molecule has 2 N–H and O–H groups in total. The zero-order chi connectivity index (χ0) is 20.7. The zero-order valence-corrected chi connectivity index (χ0v) is 17.6. The second-order valence-corrected chi connectivity index (χ2v) is 8.46. The molecule has 2 saturated heterocycles. The number of pyridine rings is 2. The van der Waals surface area contributed by atoms with Crippen LogP contribution < -0.4 is 20.3 Å². The molecule has 1 amide bonds. The number of carbonyl (C=O) groups excluding carboxylic acids is 1. The van der Waals surface area contributed by atoms with Crippen LogP contribution in [0.15, 0.2) is 30.5 Å². The summed E-state index contributed by atoms with van der Waals surface area (Å²) < 4.78 is 5.68. The average molecular weight is 408 g/mol. The van der Waals surface area contributed by atoms with Gasteiger partial charge in [-0.05, 0) is 63.4 Å². The summed E-state index contributed by atoms with van der Waals surface area (Å²) >= 11 is 0. The molecule has 2 aliphatic heterocycles. The highest BCUT2D eigenvalue weighted by atomic mass is 16.5. The van der Waals surface area contributed by atoms with Crippen LogP contribution in [0.3, 0.4) is 0 Å². The molecular weight excluding hydrogens is 378 g/mol. The van der Waals surface area contributed by atoms with E-state index >= 15 is 0 Å². The fraction of sp³-hybridized carbons (Fsp3) is 0.522. The van der Waals surface area contributed by atoms with E-state index in [9.17, 15) is 4.79 Å². The monoisotopic (exact) mass is 407 g/mol. The number of amides is 1. The fourth-order valence-electron chi connectivity index (χ4n) is 5.92. The third-order valence-corrected chi connectivity index (χ3v) is 7.22. The van der Waals surface area contributed by atoms with Crippen molar-refractivity contribution in [1.29, 1.82) is 0 Å². The second-order valence-electron chi connectivity index (χ2n) is 8.46. The van der Waals surface area contributed by atoms with Crippen LogP contribution >= 0.6 is 0 Å². The number of ether oxygens (including phenoxy) is 1. The molecule has 7 heteroatoms. The SMILES string of the molecule is CCOc1ncccc1-c1ccc(N2CC[C@]34CCN[C@H]3CC[C@H]24)c(C(=O)NC)n1. The summed E-state index contributed by atoms with van der Waals surface area (Å²) in [6.07, 6.45) is 6.51. The maximum absolute atomic E-state index is 12.8. The minimum absolute atomic E-state index is 0.159. The summed E-state index contributed by atoms with van der Waals surface area (Å²) in [7, 11) is 1.66. The molecule has 0 aromatic carbocycles. The van der Waals surface area contributed by atoms with Crippen molar-refractivity contribution in [3.8, 4) is 17.1 Å². The Labute approximate surface area is 177 Å². The molecule has 4 heterocycles. The number of nitrogens with zero attached hydrogens (tertiary/aromatic N) is 3. The van der Waals surface area contributed by atoms with Crippen LogP contribution in [0.1, 0.15) is 43.1 Å². The third kappa shape index (κ3) is 2.87. The van der Waals surface area contributed by atoms with E-state index in [4.69, 9.17) is 9.72 Å². The molecule has 1 aliphatic carbocycles. The van der Waals surface area contributed by atoms with Crippen LogP contribution in [0.5, 0.6) is 5.88 Å². The molecule has 2 aromatic rings. The van der Waals surface area contributed by atoms with Crippen molar-refractivity contribution >= 4 is 11.6 Å². The molecular formula is C23H29N5O2. The van der Waals surface area contributed by atoms with Gasteiger partial charge in [0.05, 0.1) is 23.6 Å². The first-order valence-electron chi connectivity index (χ1n) is 11.0. The number of aromatic nitrogens is 2. The first kappa shape index (κ1) is 19.3. The maximum atomic E-state index is 12.8. The lowest BCUT2D eigenvalue weighted by molar-refractivity contribution is 0.0958. The average Bonchev–Trinajstić information content (AvgIpc) is 3.44. The second kappa shape index (κ2) is 7.54. The van der Waals surface area contributed by atoms with E-state index in [2.05, 4.69) is 26.6 Å². The predicted octanol–water partition coefficient (Wildman–Crippen LogP) is 2.62. The molecule has 3 fully saturated rings. The van der Waals surface area contributed by atoms with Gasteiger partial charge in [-0.2, -0.15) is 0 Å². The molecule has 3 aliphatic rings. The molecule has 0 bridgehead atoms. The highest BCUT2D eigenvalue weighted by Crippen LogP contribution is 2.54. The van der Waals surface area contributed by atoms with Gasteiger partial charge in [-0.15, -0.1) is 0 Å². The molecule has 158 valence electrons. The van der Waals surface area contributed by atoms with Crippen LogP contribution in [0.25, 0.3) is 11.3 Å². The summed E-state index contributed by atoms with van der Waals surface area (Å²) in [5.41, 5.74) is 3.27. The van der Waals surface area contributed by atoms with Crippen molar-refractivity contribution in [2.75, 3.05) is 31.6 Å². The Balaban J connectivity index is 1.55. The number of rotatable bonds is 5. The van der Waals surface area contributed by atoms with Crippen molar-refractivity contribution < 1.29 is 9.53 Å². The van der Waals surface area contributed by atoms with Crippen LogP contribution in [0, 0.1) is 5.41 Å². The largest absolute Gasteiger partial charge is 0.477 e. The van der Waals surface area contributed by atoms with E-state index in [0.29, 0.717) is 41.4 Å². The van der Waals surface area contributed by atoms with Gasteiger partial charge in [0.2, 0.25) is 5.88 Å². The summed E-state index contributed by atoms with van der Waals surface area (Å²) in [5.74, 6) is 0.382. The van der Waals surface area contributed by atoms with E-state index in [1.54, 1.807) is 13.2 Å². The lowest BCUT2D eigenvalue weighted by Crippen LogP contribution is -2.40. The van der Waals surface area contributed by atoms with Crippen molar-refractivity contribution in [1.82, 2.24) is 20.6 Å². The normalized spacial score (nSPS) is 27.1. The lowest BCUT2D eigenvalue weighted by Gasteiger charge is -2.33. The fourth-order valence-corrected chi connectivity index (χ4v) is 5.92. The van der Waals surface area contributed by atoms with Gasteiger partial charge in [0, 0.05) is 37.3 Å². The Bertz CT molecular complexity index is 964. The molecule has 2 aromatic heterocycles. The van der Waals surface area contributed by atoms with Crippen molar-refractivity contribution in [2.24, 2.45) is 5.41 Å². The van der Waals surface area contributed by atoms with E-state index in [0.717, 1.165) is 24.3 Å². The van der Waals surface area contributed by atoms with Crippen molar-refractivity contribution in [3.05, 3.63) is 36.2 Å². The Morgan fingerprint density at radius 3 is 3.07 bits per heavy atom. The number of carbonyl (C=O) groups is 1. The Kier molecular flexibility index (Phi) is 4.85. The van der Waals surface area contributed by atoms with E-state index in [1.165, 1.54) is 25.7 Å². The van der Waals surface area contributed by atoms with Gasteiger partial charge in [-0.1, -0.05) is 0 Å².